The van der Waals surface area contributed by atoms with Gasteiger partial charge in [0.2, 0.25) is 0 Å². The molecule has 1 heterocycles. The fraction of sp³-hybridized carbons (Fsp3) is 1.00. The standard InChI is InChI=1S/C6H10IN3O4/c7-6-5(13)3(9-10-8)4(12)2(1-11)14-6/h2-6,11-13H,1H2/t2?,3?,4-,5?,6+/m0/s1. The van der Waals surface area contributed by atoms with E-state index in [1.54, 1.807) is 0 Å². The SMILES string of the molecule is [N-]=[N+]=NC1C(O)[C@H](I)OC(CO)[C@@H]1O. The molecule has 0 spiro atoms. The summed E-state index contributed by atoms with van der Waals surface area (Å²) in [5, 5.41) is 31.2. The molecule has 0 bridgehead atoms. The van der Waals surface area contributed by atoms with Gasteiger partial charge in [-0.05, 0) is 28.1 Å². The predicted octanol–water partition coefficient (Wildman–Crippen LogP) is -0.461. The maximum Gasteiger partial charge on any atom is 0.135 e. The van der Waals surface area contributed by atoms with Gasteiger partial charge in [-0.15, -0.1) is 0 Å². The van der Waals surface area contributed by atoms with Crippen LogP contribution >= 0.6 is 22.6 Å². The molecule has 14 heavy (non-hydrogen) atoms. The van der Waals surface area contributed by atoms with Crippen LogP contribution in [-0.2, 0) is 4.74 Å². The van der Waals surface area contributed by atoms with Gasteiger partial charge < -0.3 is 20.1 Å². The summed E-state index contributed by atoms with van der Waals surface area (Å²) in [4.78, 5) is 2.53. The third-order valence-electron chi connectivity index (χ3n) is 2.02. The second kappa shape index (κ2) is 5.10. The zero-order chi connectivity index (χ0) is 10.7. The van der Waals surface area contributed by atoms with Gasteiger partial charge in [0, 0.05) is 4.91 Å². The molecule has 0 aromatic carbocycles. The minimum absolute atomic E-state index is 0.384. The highest BCUT2D eigenvalue weighted by Crippen LogP contribution is 2.26. The van der Waals surface area contributed by atoms with E-state index in [2.05, 4.69) is 10.0 Å². The lowest BCUT2D eigenvalue weighted by molar-refractivity contribution is -0.154. The van der Waals surface area contributed by atoms with Crippen LogP contribution in [0.5, 0.6) is 0 Å². The van der Waals surface area contributed by atoms with E-state index in [0.29, 0.717) is 0 Å². The zero-order valence-corrected chi connectivity index (χ0v) is 9.22. The molecule has 1 aliphatic heterocycles. The quantitative estimate of drug-likeness (QED) is 0.210. The third kappa shape index (κ3) is 2.27. The molecule has 3 N–H and O–H groups in total. The topological polar surface area (TPSA) is 119 Å². The molecule has 0 saturated carbocycles. The minimum Gasteiger partial charge on any atom is -0.394 e. The number of aliphatic hydroxyl groups excluding tert-OH is 3. The van der Waals surface area contributed by atoms with Crippen molar-refractivity contribution in [2.45, 2.75) is 28.5 Å². The molecule has 0 radical (unpaired) electrons. The fourth-order valence-corrected chi connectivity index (χ4v) is 2.05. The molecule has 8 heteroatoms. The van der Waals surface area contributed by atoms with E-state index in [4.69, 9.17) is 15.4 Å². The summed E-state index contributed by atoms with van der Waals surface area (Å²) in [7, 11) is 0. The smallest absolute Gasteiger partial charge is 0.135 e. The molecular weight excluding hydrogens is 305 g/mol. The molecule has 3 unspecified atom stereocenters. The van der Waals surface area contributed by atoms with Crippen LogP contribution in [0.15, 0.2) is 5.11 Å². The molecule has 1 saturated heterocycles. The molecule has 0 aliphatic carbocycles. The van der Waals surface area contributed by atoms with E-state index in [9.17, 15) is 10.2 Å². The van der Waals surface area contributed by atoms with Crippen molar-refractivity contribution in [1.82, 2.24) is 0 Å². The molecule has 0 amide bonds. The summed E-state index contributed by atoms with van der Waals surface area (Å²) in [5.74, 6) is 0. The first-order chi connectivity index (χ1) is 6.61. The van der Waals surface area contributed by atoms with E-state index in [1.807, 2.05) is 22.6 Å². The van der Waals surface area contributed by atoms with Crippen LogP contribution in [0.1, 0.15) is 0 Å². The number of aliphatic hydroxyl groups is 3. The Bertz CT molecular complexity index is 247. The van der Waals surface area contributed by atoms with E-state index < -0.39 is 28.5 Å². The Labute approximate surface area is 93.4 Å². The Morgan fingerprint density at radius 1 is 1.43 bits per heavy atom. The summed E-state index contributed by atoms with van der Waals surface area (Å²) in [6.07, 6.45) is -3.07. The van der Waals surface area contributed by atoms with Crippen LogP contribution in [0.25, 0.3) is 10.4 Å². The van der Waals surface area contributed by atoms with Gasteiger partial charge in [0.25, 0.3) is 0 Å². The number of nitrogens with zero attached hydrogens (tertiary/aromatic N) is 3. The molecule has 0 aromatic rings. The Morgan fingerprint density at radius 2 is 2.07 bits per heavy atom. The van der Waals surface area contributed by atoms with Crippen LogP contribution in [0.3, 0.4) is 0 Å². The minimum atomic E-state index is -1.18. The van der Waals surface area contributed by atoms with Crippen LogP contribution < -0.4 is 0 Å². The lowest BCUT2D eigenvalue weighted by Crippen LogP contribution is -2.55. The van der Waals surface area contributed by atoms with Crippen LogP contribution in [0, 0.1) is 0 Å². The fourth-order valence-electron chi connectivity index (χ4n) is 1.25. The molecule has 1 aliphatic rings. The van der Waals surface area contributed by atoms with E-state index >= 15 is 0 Å². The lowest BCUT2D eigenvalue weighted by atomic mass is 9.98. The third-order valence-corrected chi connectivity index (χ3v) is 3.05. The van der Waals surface area contributed by atoms with E-state index in [0.717, 1.165) is 0 Å². The molecule has 1 fully saturated rings. The first kappa shape index (κ1) is 12.0. The van der Waals surface area contributed by atoms with E-state index in [-0.39, 0.29) is 6.61 Å². The number of hydrogen-bond acceptors (Lipinski definition) is 5. The number of halogens is 1. The maximum atomic E-state index is 9.53. The first-order valence-corrected chi connectivity index (χ1v) is 5.17. The van der Waals surface area contributed by atoms with Gasteiger partial charge in [0.05, 0.1) is 18.8 Å². The Hall–Kier alpha value is -0.120. The van der Waals surface area contributed by atoms with Gasteiger partial charge in [0.1, 0.15) is 16.3 Å². The number of ether oxygens (including phenoxy) is 1. The Morgan fingerprint density at radius 3 is 2.57 bits per heavy atom. The van der Waals surface area contributed by atoms with Crippen molar-refractivity contribution in [3.05, 3.63) is 10.4 Å². The van der Waals surface area contributed by atoms with Crippen molar-refractivity contribution in [3.8, 4) is 0 Å². The molecule has 7 nitrogen and oxygen atoms in total. The van der Waals surface area contributed by atoms with Crippen LogP contribution in [0.2, 0.25) is 0 Å². The van der Waals surface area contributed by atoms with Crippen molar-refractivity contribution in [1.29, 1.82) is 0 Å². The van der Waals surface area contributed by atoms with Crippen LogP contribution in [0.4, 0.5) is 0 Å². The summed E-state index contributed by atoms with van der Waals surface area (Å²) in [6, 6.07) is -0.979. The number of alkyl halides is 1. The van der Waals surface area contributed by atoms with E-state index in [1.165, 1.54) is 0 Å². The largest absolute Gasteiger partial charge is 0.394 e. The molecular formula is C6H10IN3O4. The highest BCUT2D eigenvalue weighted by molar-refractivity contribution is 14.1. The van der Waals surface area contributed by atoms with Gasteiger partial charge in [-0.3, -0.25) is 0 Å². The van der Waals surface area contributed by atoms with Crippen LogP contribution in [-0.4, -0.2) is 50.4 Å². The van der Waals surface area contributed by atoms with Crippen molar-refractivity contribution < 1.29 is 20.1 Å². The summed E-state index contributed by atoms with van der Waals surface area (Å²) in [5.41, 5.74) is 8.23. The first-order valence-electron chi connectivity index (χ1n) is 3.92. The summed E-state index contributed by atoms with van der Waals surface area (Å²) >= 11 is 1.81. The van der Waals surface area contributed by atoms with Gasteiger partial charge in [0.15, 0.2) is 0 Å². The van der Waals surface area contributed by atoms with Crippen molar-refractivity contribution >= 4 is 22.6 Å². The molecule has 0 aromatic heterocycles. The number of hydrogen-bond donors (Lipinski definition) is 3. The maximum absolute atomic E-state index is 9.53. The average molecular weight is 315 g/mol. The Kier molecular flexibility index (Phi) is 4.35. The number of azide groups is 1. The summed E-state index contributed by atoms with van der Waals surface area (Å²) in [6.45, 7) is -0.384. The monoisotopic (exact) mass is 315 g/mol. The van der Waals surface area contributed by atoms with Crippen molar-refractivity contribution in [3.63, 3.8) is 0 Å². The second-order valence-electron chi connectivity index (χ2n) is 2.88. The molecule has 80 valence electrons. The van der Waals surface area contributed by atoms with Gasteiger partial charge in [-0.25, -0.2) is 0 Å². The van der Waals surface area contributed by atoms with Gasteiger partial charge >= 0.3 is 0 Å². The average Bonchev–Trinajstić information content (AvgIpc) is 2.18. The van der Waals surface area contributed by atoms with Gasteiger partial charge in [-0.2, -0.15) is 0 Å². The highest BCUT2D eigenvalue weighted by Gasteiger charge is 2.42. The normalized spacial score (nSPS) is 43.0. The van der Waals surface area contributed by atoms with Crippen molar-refractivity contribution in [2.75, 3.05) is 6.61 Å². The second-order valence-corrected chi connectivity index (χ2v) is 4.11. The van der Waals surface area contributed by atoms with Gasteiger partial charge in [-0.1, -0.05) is 5.11 Å². The van der Waals surface area contributed by atoms with Crippen molar-refractivity contribution in [2.24, 2.45) is 5.11 Å². The predicted molar refractivity (Wildman–Crippen MR) is 54.7 cm³/mol. The summed E-state index contributed by atoms with van der Waals surface area (Å²) < 4.78 is 4.48. The molecule has 5 atom stereocenters. The lowest BCUT2D eigenvalue weighted by Gasteiger charge is -2.38. The molecule has 1 rings (SSSR count). The highest BCUT2D eigenvalue weighted by atomic mass is 127. The zero-order valence-electron chi connectivity index (χ0n) is 7.06. The number of rotatable bonds is 2. The Balaban J connectivity index is 2.82.